The monoisotopic (exact) mass is 352 g/mol. The Balaban J connectivity index is 1.39. The number of aryl methyl sites for hydroxylation is 1. The third-order valence-corrected chi connectivity index (χ3v) is 4.90. The van der Waals surface area contributed by atoms with E-state index >= 15 is 0 Å². The van der Waals surface area contributed by atoms with Gasteiger partial charge in [-0.15, -0.1) is 0 Å². The second-order valence-corrected chi connectivity index (χ2v) is 6.73. The van der Waals surface area contributed by atoms with E-state index < -0.39 is 0 Å². The quantitative estimate of drug-likeness (QED) is 0.738. The summed E-state index contributed by atoms with van der Waals surface area (Å²) in [5.41, 5.74) is 3.42. The molecule has 0 aliphatic carbocycles. The molecule has 4 rings (SSSR count). The molecule has 0 radical (unpaired) electrons. The van der Waals surface area contributed by atoms with E-state index in [4.69, 9.17) is 4.74 Å². The highest BCUT2D eigenvalue weighted by atomic mass is 16.5. The van der Waals surface area contributed by atoms with E-state index in [1.807, 2.05) is 25.3 Å². The number of pyridine rings is 1. The molecule has 7 heteroatoms. The molecule has 0 fully saturated rings. The Morgan fingerprint density at radius 3 is 2.88 bits per heavy atom. The number of hydrogen-bond donors (Lipinski definition) is 1. The van der Waals surface area contributed by atoms with Crippen molar-refractivity contribution in [1.29, 1.82) is 0 Å². The zero-order chi connectivity index (χ0) is 17.9. The Morgan fingerprint density at radius 1 is 1.27 bits per heavy atom. The van der Waals surface area contributed by atoms with Gasteiger partial charge in [-0.05, 0) is 32.0 Å². The summed E-state index contributed by atoms with van der Waals surface area (Å²) in [6.45, 7) is 7.68. The molecule has 136 valence electrons. The molecule has 0 saturated carbocycles. The van der Waals surface area contributed by atoms with Crippen LogP contribution in [0.1, 0.15) is 35.9 Å². The highest BCUT2D eigenvalue weighted by molar-refractivity contribution is 5.17. The summed E-state index contributed by atoms with van der Waals surface area (Å²) >= 11 is 0. The van der Waals surface area contributed by atoms with Crippen molar-refractivity contribution in [3.63, 3.8) is 0 Å². The summed E-state index contributed by atoms with van der Waals surface area (Å²) in [5.74, 6) is 1.98. The van der Waals surface area contributed by atoms with Crippen LogP contribution in [0.25, 0.3) is 0 Å². The van der Waals surface area contributed by atoms with E-state index in [2.05, 4.69) is 42.6 Å². The van der Waals surface area contributed by atoms with Gasteiger partial charge in [0.15, 0.2) is 0 Å². The molecule has 4 heterocycles. The summed E-state index contributed by atoms with van der Waals surface area (Å²) in [6, 6.07) is 6.14. The molecule has 7 nitrogen and oxygen atoms in total. The van der Waals surface area contributed by atoms with Gasteiger partial charge in [0.2, 0.25) is 0 Å². The molecule has 1 aliphatic rings. The third-order valence-electron chi connectivity index (χ3n) is 4.90. The van der Waals surface area contributed by atoms with Crippen LogP contribution in [-0.2, 0) is 19.5 Å². The lowest BCUT2D eigenvalue weighted by molar-refractivity contribution is 0.153. The average molecular weight is 352 g/mol. The van der Waals surface area contributed by atoms with Crippen molar-refractivity contribution in [2.45, 2.75) is 39.4 Å². The minimum Gasteiger partial charge on any atom is -0.493 e. The van der Waals surface area contributed by atoms with Crippen molar-refractivity contribution < 1.29 is 4.74 Å². The lowest BCUT2D eigenvalue weighted by atomic mass is 10.2. The number of aromatic nitrogens is 5. The number of fused-ring (bicyclic) bond motifs is 1. The SMILES string of the molecule is Cc1cc(CN2CCn3c(CCOc4ccncc4)cnc3[C@@H]2C)n[nH]1. The van der Waals surface area contributed by atoms with E-state index in [1.54, 1.807) is 12.4 Å². The molecule has 3 aromatic heterocycles. The molecule has 1 N–H and O–H groups in total. The van der Waals surface area contributed by atoms with Gasteiger partial charge in [-0.3, -0.25) is 15.0 Å². The number of nitrogens with zero attached hydrogens (tertiary/aromatic N) is 5. The Kier molecular flexibility index (Phi) is 4.71. The molecule has 0 spiro atoms. The first-order valence-corrected chi connectivity index (χ1v) is 9.03. The Hall–Kier alpha value is -2.67. The fourth-order valence-electron chi connectivity index (χ4n) is 3.49. The van der Waals surface area contributed by atoms with E-state index in [-0.39, 0.29) is 6.04 Å². The first kappa shape index (κ1) is 16.8. The van der Waals surface area contributed by atoms with Crippen molar-refractivity contribution in [1.82, 2.24) is 29.6 Å². The van der Waals surface area contributed by atoms with Gasteiger partial charge in [0.05, 0.1) is 18.3 Å². The Bertz CT molecular complexity index is 856. The standard InChI is InChI=1S/C19H24N6O/c1-14-11-16(23-22-14)13-24-8-9-25-17(12-21-19(25)15(24)2)5-10-26-18-3-6-20-7-4-18/h3-4,6-7,11-12,15H,5,8-10,13H2,1-2H3,(H,22,23)/t15-/m0/s1. The highest BCUT2D eigenvalue weighted by Gasteiger charge is 2.27. The van der Waals surface area contributed by atoms with Gasteiger partial charge in [-0.1, -0.05) is 0 Å². The fourth-order valence-corrected chi connectivity index (χ4v) is 3.49. The van der Waals surface area contributed by atoms with Crippen LogP contribution in [0.15, 0.2) is 36.8 Å². The van der Waals surface area contributed by atoms with Crippen molar-refractivity contribution in [3.8, 4) is 5.75 Å². The van der Waals surface area contributed by atoms with Gasteiger partial charge in [-0.2, -0.15) is 5.10 Å². The first-order valence-electron chi connectivity index (χ1n) is 9.03. The zero-order valence-electron chi connectivity index (χ0n) is 15.2. The summed E-state index contributed by atoms with van der Waals surface area (Å²) in [7, 11) is 0. The van der Waals surface area contributed by atoms with Gasteiger partial charge in [0, 0.05) is 56.0 Å². The minimum absolute atomic E-state index is 0.274. The lowest BCUT2D eigenvalue weighted by Crippen LogP contribution is -2.37. The van der Waals surface area contributed by atoms with Gasteiger partial charge in [0.25, 0.3) is 0 Å². The van der Waals surface area contributed by atoms with Crippen LogP contribution in [0.4, 0.5) is 0 Å². The van der Waals surface area contributed by atoms with Crippen molar-refractivity contribution in [3.05, 3.63) is 59.7 Å². The maximum absolute atomic E-state index is 5.80. The van der Waals surface area contributed by atoms with Gasteiger partial charge >= 0.3 is 0 Å². The molecule has 3 aromatic rings. The van der Waals surface area contributed by atoms with Crippen LogP contribution in [0.3, 0.4) is 0 Å². The van der Waals surface area contributed by atoms with E-state index in [1.165, 1.54) is 5.69 Å². The van der Waals surface area contributed by atoms with Crippen molar-refractivity contribution >= 4 is 0 Å². The van der Waals surface area contributed by atoms with E-state index in [9.17, 15) is 0 Å². The van der Waals surface area contributed by atoms with Crippen LogP contribution in [-0.4, -0.2) is 42.8 Å². The average Bonchev–Trinajstić information content (AvgIpc) is 3.25. The molecule has 1 atom stereocenters. The topological polar surface area (TPSA) is 71.9 Å². The van der Waals surface area contributed by atoms with Crippen LogP contribution < -0.4 is 4.74 Å². The highest BCUT2D eigenvalue weighted by Crippen LogP contribution is 2.26. The summed E-state index contributed by atoms with van der Waals surface area (Å²) in [5, 5.41) is 7.38. The van der Waals surface area contributed by atoms with Gasteiger partial charge in [-0.25, -0.2) is 4.98 Å². The van der Waals surface area contributed by atoms with Crippen molar-refractivity contribution in [2.75, 3.05) is 13.2 Å². The number of imidazole rings is 1. The molecule has 26 heavy (non-hydrogen) atoms. The Morgan fingerprint density at radius 2 is 2.12 bits per heavy atom. The molecule has 0 aromatic carbocycles. The summed E-state index contributed by atoms with van der Waals surface area (Å²) < 4.78 is 8.14. The zero-order valence-corrected chi connectivity index (χ0v) is 15.2. The van der Waals surface area contributed by atoms with Crippen LogP contribution in [0, 0.1) is 6.92 Å². The molecule has 0 amide bonds. The number of H-pyrrole nitrogens is 1. The second-order valence-electron chi connectivity index (χ2n) is 6.73. The molecule has 1 aliphatic heterocycles. The van der Waals surface area contributed by atoms with E-state index in [0.29, 0.717) is 6.61 Å². The van der Waals surface area contributed by atoms with Crippen LogP contribution in [0.5, 0.6) is 5.75 Å². The largest absolute Gasteiger partial charge is 0.493 e. The lowest BCUT2D eigenvalue weighted by Gasteiger charge is -2.33. The molecule has 0 saturated heterocycles. The summed E-state index contributed by atoms with van der Waals surface area (Å²) in [6.07, 6.45) is 6.32. The number of ether oxygens (including phenoxy) is 1. The van der Waals surface area contributed by atoms with Crippen LogP contribution in [0.2, 0.25) is 0 Å². The molecule has 0 bridgehead atoms. The first-order chi connectivity index (χ1) is 12.7. The predicted octanol–water partition coefficient (Wildman–Crippen LogP) is 2.51. The van der Waals surface area contributed by atoms with Crippen LogP contribution >= 0.6 is 0 Å². The smallest absolute Gasteiger partial charge is 0.126 e. The number of rotatable bonds is 6. The number of nitrogens with one attached hydrogen (secondary N) is 1. The second kappa shape index (κ2) is 7.29. The maximum atomic E-state index is 5.80. The van der Waals surface area contributed by atoms with Crippen molar-refractivity contribution in [2.24, 2.45) is 0 Å². The number of aromatic amines is 1. The minimum atomic E-state index is 0.274. The number of hydrogen-bond acceptors (Lipinski definition) is 5. The summed E-state index contributed by atoms with van der Waals surface area (Å²) in [4.78, 5) is 11.1. The van der Waals surface area contributed by atoms with Gasteiger partial charge in [0.1, 0.15) is 11.6 Å². The molecule has 0 unspecified atom stereocenters. The van der Waals surface area contributed by atoms with Gasteiger partial charge < -0.3 is 9.30 Å². The molecular weight excluding hydrogens is 328 g/mol. The normalized spacial score (nSPS) is 17.2. The Labute approximate surface area is 153 Å². The molecular formula is C19H24N6O. The third kappa shape index (κ3) is 3.48. The predicted molar refractivity (Wildman–Crippen MR) is 97.8 cm³/mol. The maximum Gasteiger partial charge on any atom is 0.126 e. The fraction of sp³-hybridized carbons (Fsp3) is 0.421. The van der Waals surface area contributed by atoms with E-state index in [0.717, 1.165) is 49.0 Å².